The maximum Gasteiger partial charge on any atom is 0.146 e. The summed E-state index contributed by atoms with van der Waals surface area (Å²) < 4.78 is 25.9. The highest BCUT2D eigenvalue weighted by Crippen LogP contribution is 2.09. The summed E-state index contributed by atoms with van der Waals surface area (Å²) in [7, 11) is 0. The number of hydrogen-bond donors (Lipinski definition) is 2. The van der Waals surface area contributed by atoms with E-state index in [1.807, 2.05) is 0 Å². The van der Waals surface area contributed by atoms with Crippen LogP contribution in [0.1, 0.15) is 5.56 Å². The topological polar surface area (TPSA) is 63.8 Å². The van der Waals surface area contributed by atoms with Gasteiger partial charge in [0, 0.05) is 12.6 Å². The van der Waals surface area contributed by atoms with Crippen molar-refractivity contribution in [3.05, 3.63) is 47.8 Å². The van der Waals surface area contributed by atoms with Crippen molar-refractivity contribution in [3.63, 3.8) is 0 Å². The van der Waals surface area contributed by atoms with Gasteiger partial charge in [0.15, 0.2) is 0 Å². The summed E-state index contributed by atoms with van der Waals surface area (Å²) in [6.07, 6.45) is 3.45. The van der Waals surface area contributed by atoms with Gasteiger partial charge in [-0.25, -0.2) is 13.8 Å². The molecule has 0 aliphatic carbocycles. The van der Waals surface area contributed by atoms with E-state index < -0.39 is 11.6 Å². The van der Waals surface area contributed by atoms with Crippen LogP contribution in [-0.2, 0) is 6.42 Å². The molecule has 3 N–H and O–H groups in total. The molecule has 4 nitrogen and oxygen atoms in total. The van der Waals surface area contributed by atoms with Crippen molar-refractivity contribution in [2.75, 3.05) is 17.6 Å². The van der Waals surface area contributed by atoms with Gasteiger partial charge in [-0.05, 0) is 24.1 Å². The Kier molecular flexibility index (Phi) is 3.66. The van der Waals surface area contributed by atoms with Crippen LogP contribution in [0.25, 0.3) is 0 Å². The molecule has 0 saturated carbocycles. The molecule has 0 unspecified atom stereocenters. The Morgan fingerprint density at radius 2 is 1.83 bits per heavy atom. The summed E-state index contributed by atoms with van der Waals surface area (Å²) in [6.45, 7) is 0.487. The number of nitrogen functional groups attached to an aromatic ring is 1. The minimum absolute atomic E-state index is 0.316. The molecule has 18 heavy (non-hydrogen) atoms. The number of nitrogens with two attached hydrogens (primary N) is 1. The lowest BCUT2D eigenvalue weighted by molar-refractivity contribution is 0.580. The zero-order chi connectivity index (χ0) is 13.0. The van der Waals surface area contributed by atoms with Crippen molar-refractivity contribution < 1.29 is 8.78 Å². The smallest absolute Gasteiger partial charge is 0.146 e. The number of halogens is 2. The Hall–Kier alpha value is -2.24. The van der Waals surface area contributed by atoms with Crippen molar-refractivity contribution in [2.45, 2.75) is 6.42 Å². The van der Waals surface area contributed by atoms with Gasteiger partial charge in [-0.3, -0.25) is 4.98 Å². The van der Waals surface area contributed by atoms with Crippen molar-refractivity contribution in [2.24, 2.45) is 0 Å². The lowest BCUT2D eigenvalue weighted by atomic mass is 10.1. The second-order valence-corrected chi connectivity index (χ2v) is 3.78. The predicted molar refractivity (Wildman–Crippen MR) is 65.0 cm³/mol. The van der Waals surface area contributed by atoms with E-state index >= 15 is 0 Å². The molecule has 2 rings (SSSR count). The van der Waals surface area contributed by atoms with Gasteiger partial charge >= 0.3 is 0 Å². The standard InChI is InChI=1S/C12H12F2N4/c13-9-3-8(4-10(14)5-9)1-2-17-12-7-16-6-11(15)18-12/h3-7H,1-2H2,(H3,15,17,18). The largest absolute Gasteiger partial charge is 0.382 e. The molecule has 0 aliphatic rings. The third-order valence-electron chi connectivity index (χ3n) is 2.30. The molecular weight excluding hydrogens is 238 g/mol. The van der Waals surface area contributed by atoms with Crippen LogP contribution in [0, 0.1) is 11.6 Å². The molecule has 2 aromatic rings. The number of rotatable bonds is 4. The van der Waals surface area contributed by atoms with Crippen molar-refractivity contribution in [1.82, 2.24) is 9.97 Å². The van der Waals surface area contributed by atoms with E-state index in [0.29, 0.717) is 30.2 Å². The third-order valence-corrected chi connectivity index (χ3v) is 2.30. The Bertz CT molecular complexity index is 525. The summed E-state index contributed by atoms with van der Waals surface area (Å²) in [5.74, 6) is -0.300. The Balaban J connectivity index is 1.92. The highest BCUT2D eigenvalue weighted by molar-refractivity contribution is 5.38. The van der Waals surface area contributed by atoms with Gasteiger partial charge in [0.1, 0.15) is 23.3 Å². The number of anilines is 2. The Labute approximate surface area is 103 Å². The van der Waals surface area contributed by atoms with Crippen LogP contribution >= 0.6 is 0 Å². The van der Waals surface area contributed by atoms with Gasteiger partial charge in [-0.15, -0.1) is 0 Å². The molecule has 94 valence electrons. The van der Waals surface area contributed by atoms with Gasteiger partial charge in [-0.1, -0.05) is 0 Å². The number of aromatic nitrogens is 2. The quantitative estimate of drug-likeness (QED) is 0.871. The van der Waals surface area contributed by atoms with Gasteiger partial charge in [0.25, 0.3) is 0 Å². The molecule has 1 aromatic heterocycles. The molecule has 0 radical (unpaired) electrons. The fourth-order valence-corrected chi connectivity index (χ4v) is 1.56. The highest BCUT2D eigenvalue weighted by Gasteiger charge is 2.01. The maximum absolute atomic E-state index is 12.9. The number of nitrogens with zero attached hydrogens (tertiary/aromatic N) is 2. The molecule has 0 spiro atoms. The molecule has 0 fully saturated rings. The molecule has 0 aliphatic heterocycles. The summed E-state index contributed by atoms with van der Waals surface area (Å²) in [6, 6.07) is 3.45. The first-order chi connectivity index (χ1) is 8.63. The van der Waals surface area contributed by atoms with E-state index in [0.717, 1.165) is 6.07 Å². The fourth-order valence-electron chi connectivity index (χ4n) is 1.56. The third kappa shape index (κ3) is 3.38. The zero-order valence-corrected chi connectivity index (χ0v) is 9.53. The number of nitrogens with one attached hydrogen (secondary N) is 1. The van der Waals surface area contributed by atoms with Gasteiger partial charge < -0.3 is 11.1 Å². The first kappa shape index (κ1) is 12.2. The summed E-state index contributed by atoms with van der Waals surface area (Å²) >= 11 is 0. The summed E-state index contributed by atoms with van der Waals surface area (Å²) in [5.41, 5.74) is 6.05. The summed E-state index contributed by atoms with van der Waals surface area (Å²) in [5, 5.41) is 2.97. The number of benzene rings is 1. The van der Waals surface area contributed by atoms with Crippen LogP contribution in [0.2, 0.25) is 0 Å². The summed E-state index contributed by atoms with van der Waals surface area (Å²) in [4.78, 5) is 7.86. The minimum Gasteiger partial charge on any atom is -0.382 e. The van der Waals surface area contributed by atoms with Crippen LogP contribution in [0.4, 0.5) is 20.4 Å². The lowest BCUT2D eigenvalue weighted by Gasteiger charge is -2.06. The first-order valence-electron chi connectivity index (χ1n) is 5.40. The second kappa shape index (κ2) is 5.39. The van der Waals surface area contributed by atoms with Crippen LogP contribution in [0.3, 0.4) is 0 Å². The van der Waals surface area contributed by atoms with Gasteiger partial charge in [0.05, 0.1) is 12.4 Å². The number of hydrogen-bond acceptors (Lipinski definition) is 4. The van der Waals surface area contributed by atoms with Gasteiger partial charge in [-0.2, -0.15) is 0 Å². The fraction of sp³-hybridized carbons (Fsp3) is 0.167. The molecular formula is C12H12F2N4. The highest BCUT2D eigenvalue weighted by atomic mass is 19.1. The predicted octanol–water partition coefficient (Wildman–Crippen LogP) is 1.99. The van der Waals surface area contributed by atoms with Crippen molar-refractivity contribution in [3.8, 4) is 0 Å². The van der Waals surface area contributed by atoms with Crippen molar-refractivity contribution >= 4 is 11.6 Å². The Morgan fingerprint density at radius 3 is 2.50 bits per heavy atom. The van der Waals surface area contributed by atoms with Gasteiger partial charge in [0.2, 0.25) is 0 Å². The monoisotopic (exact) mass is 250 g/mol. The first-order valence-corrected chi connectivity index (χ1v) is 5.40. The normalized spacial score (nSPS) is 10.3. The van der Waals surface area contributed by atoms with E-state index in [1.165, 1.54) is 24.5 Å². The molecule has 0 saturated heterocycles. The minimum atomic E-state index is -0.575. The molecule has 0 atom stereocenters. The van der Waals surface area contributed by atoms with E-state index in [9.17, 15) is 8.78 Å². The molecule has 6 heteroatoms. The Morgan fingerprint density at radius 1 is 1.11 bits per heavy atom. The second-order valence-electron chi connectivity index (χ2n) is 3.78. The van der Waals surface area contributed by atoms with Crippen molar-refractivity contribution in [1.29, 1.82) is 0 Å². The average molecular weight is 250 g/mol. The zero-order valence-electron chi connectivity index (χ0n) is 9.53. The molecule has 0 bridgehead atoms. The van der Waals surface area contributed by atoms with E-state index in [4.69, 9.17) is 5.73 Å². The van der Waals surface area contributed by atoms with Crippen LogP contribution in [-0.4, -0.2) is 16.5 Å². The SMILES string of the molecule is Nc1cncc(NCCc2cc(F)cc(F)c2)n1. The van der Waals surface area contributed by atoms with E-state index in [-0.39, 0.29) is 0 Å². The van der Waals surface area contributed by atoms with E-state index in [2.05, 4.69) is 15.3 Å². The van der Waals surface area contributed by atoms with Crippen LogP contribution in [0.15, 0.2) is 30.6 Å². The molecule has 1 heterocycles. The maximum atomic E-state index is 12.9. The molecule has 0 amide bonds. The average Bonchev–Trinajstić information content (AvgIpc) is 2.27. The van der Waals surface area contributed by atoms with Crippen LogP contribution in [0.5, 0.6) is 0 Å². The molecule has 1 aromatic carbocycles. The lowest BCUT2D eigenvalue weighted by Crippen LogP contribution is -2.08. The van der Waals surface area contributed by atoms with E-state index in [1.54, 1.807) is 0 Å². The van der Waals surface area contributed by atoms with Crippen LogP contribution < -0.4 is 11.1 Å².